The van der Waals surface area contributed by atoms with Crippen molar-refractivity contribution in [2.45, 2.75) is 40.0 Å². The number of carbonyl (C=O) groups excluding carboxylic acids is 1. The molecule has 1 aromatic rings. The molecule has 0 bridgehead atoms. The van der Waals surface area contributed by atoms with Gasteiger partial charge in [-0.15, -0.1) is 0 Å². The molecule has 0 N–H and O–H groups in total. The third-order valence-corrected chi connectivity index (χ3v) is 6.94. The monoisotopic (exact) mass is 460 g/mol. The van der Waals surface area contributed by atoms with Gasteiger partial charge in [0, 0.05) is 31.1 Å². The molecule has 0 radical (unpaired) electrons. The van der Waals surface area contributed by atoms with E-state index < -0.39 is 0 Å². The van der Waals surface area contributed by atoms with Crippen LogP contribution in [0.4, 0.5) is 0 Å². The van der Waals surface area contributed by atoms with E-state index in [0.717, 1.165) is 60.5 Å². The highest BCUT2D eigenvalue weighted by atomic mass is 16.5. The summed E-state index contributed by atoms with van der Waals surface area (Å²) in [4.78, 5) is 17.9. The van der Waals surface area contributed by atoms with Crippen molar-refractivity contribution in [1.82, 2.24) is 9.80 Å². The Morgan fingerprint density at radius 1 is 1.09 bits per heavy atom. The summed E-state index contributed by atoms with van der Waals surface area (Å²) in [6.45, 7) is 9.68. The SMILES string of the molecule is CCCN1CC=C(C2=CN3C(=O)C=C(c4ccc(OC)c(OC)c4)C(C)CC=C3C(C)=C2)CC1. The molecular weight excluding hydrogens is 424 g/mol. The van der Waals surface area contributed by atoms with E-state index in [9.17, 15) is 4.79 Å². The summed E-state index contributed by atoms with van der Waals surface area (Å²) in [5.41, 5.74) is 6.60. The summed E-state index contributed by atoms with van der Waals surface area (Å²) in [6.07, 6.45) is 13.6. The van der Waals surface area contributed by atoms with Gasteiger partial charge in [-0.25, -0.2) is 0 Å². The number of allylic oxidation sites excluding steroid dienone is 5. The summed E-state index contributed by atoms with van der Waals surface area (Å²) in [7, 11) is 3.26. The minimum Gasteiger partial charge on any atom is -0.493 e. The third-order valence-electron chi connectivity index (χ3n) is 6.94. The lowest BCUT2D eigenvalue weighted by Gasteiger charge is -2.32. The lowest BCUT2D eigenvalue weighted by Crippen LogP contribution is -2.31. The van der Waals surface area contributed by atoms with E-state index in [1.165, 1.54) is 12.0 Å². The van der Waals surface area contributed by atoms with Crippen molar-refractivity contribution in [1.29, 1.82) is 0 Å². The molecule has 1 atom stereocenters. The molecular formula is C29H36N2O3. The number of hydrogen-bond acceptors (Lipinski definition) is 4. The van der Waals surface area contributed by atoms with Crippen LogP contribution in [0.1, 0.15) is 45.6 Å². The largest absolute Gasteiger partial charge is 0.493 e. The first kappa shape index (κ1) is 24.1. The van der Waals surface area contributed by atoms with Gasteiger partial charge in [-0.2, -0.15) is 0 Å². The Morgan fingerprint density at radius 3 is 2.56 bits per heavy atom. The highest BCUT2D eigenvalue weighted by Gasteiger charge is 2.26. The van der Waals surface area contributed by atoms with E-state index in [0.29, 0.717) is 11.5 Å². The Hall–Kier alpha value is -3.05. The fourth-order valence-corrected chi connectivity index (χ4v) is 5.00. The second-order valence-electron chi connectivity index (χ2n) is 9.30. The molecule has 0 saturated heterocycles. The first-order valence-corrected chi connectivity index (χ1v) is 12.2. The van der Waals surface area contributed by atoms with Crippen LogP contribution in [0.2, 0.25) is 0 Å². The van der Waals surface area contributed by atoms with Crippen LogP contribution in [-0.2, 0) is 4.79 Å². The van der Waals surface area contributed by atoms with Gasteiger partial charge in [-0.3, -0.25) is 14.6 Å². The first-order chi connectivity index (χ1) is 16.4. The van der Waals surface area contributed by atoms with Crippen molar-refractivity contribution in [3.8, 4) is 11.5 Å². The fourth-order valence-electron chi connectivity index (χ4n) is 5.00. The second kappa shape index (κ2) is 10.5. The van der Waals surface area contributed by atoms with E-state index >= 15 is 0 Å². The van der Waals surface area contributed by atoms with Gasteiger partial charge in [0.25, 0.3) is 5.91 Å². The van der Waals surface area contributed by atoms with E-state index in [2.05, 4.69) is 43.9 Å². The van der Waals surface area contributed by atoms with Gasteiger partial charge in [-0.1, -0.05) is 32.1 Å². The van der Waals surface area contributed by atoms with E-state index in [-0.39, 0.29) is 11.8 Å². The van der Waals surface area contributed by atoms with Crippen LogP contribution in [-0.4, -0.2) is 49.6 Å². The maximum Gasteiger partial charge on any atom is 0.255 e. The fraction of sp³-hybridized carbons (Fsp3) is 0.414. The first-order valence-electron chi connectivity index (χ1n) is 12.2. The van der Waals surface area contributed by atoms with Crippen LogP contribution in [0.15, 0.2) is 71.1 Å². The molecule has 0 aromatic heterocycles. The van der Waals surface area contributed by atoms with E-state index in [1.54, 1.807) is 20.3 Å². The maximum absolute atomic E-state index is 13.6. The van der Waals surface area contributed by atoms with Gasteiger partial charge < -0.3 is 9.47 Å². The molecule has 4 rings (SSSR count). The molecule has 34 heavy (non-hydrogen) atoms. The number of benzene rings is 1. The van der Waals surface area contributed by atoms with Gasteiger partial charge in [0.2, 0.25) is 0 Å². The third kappa shape index (κ3) is 4.90. The summed E-state index contributed by atoms with van der Waals surface area (Å²) < 4.78 is 10.9. The van der Waals surface area contributed by atoms with Gasteiger partial charge in [0.15, 0.2) is 11.5 Å². The molecule has 0 aliphatic carbocycles. The van der Waals surface area contributed by atoms with Crippen LogP contribution in [0.25, 0.3) is 5.57 Å². The number of nitrogens with zero attached hydrogens (tertiary/aromatic N) is 2. The second-order valence-corrected chi connectivity index (χ2v) is 9.30. The van der Waals surface area contributed by atoms with Crippen LogP contribution >= 0.6 is 0 Å². The molecule has 5 nitrogen and oxygen atoms in total. The summed E-state index contributed by atoms with van der Waals surface area (Å²) in [6, 6.07) is 5.86. The molecule has 5 heteroatoms. The van der Waals surface area contributed by atoms with Crippen molar-refractivity contribution in [3.63, 3.8) is 0 Å². The minimum atomic E-state index is -0.0171. The molecule has 3 aliphatic rings. The number of methoxy groups -OCH3 is 2. The van der Waals surface area contributed by atoms with Gasteiger partial charge in [0.05, 0.1) is 14.2 Å². The minimum absolute atomic E-state index is 0.0171. The van der Waals surface area contributed by atoms with Crippen LogP contribution in [0.5, 0.6) is 11.5 Å². The molecule has 3 aliphatic heterocycles. The van der Waals surface area contributed by atoms with Crippen LogP contribution in [0, 0.1) is 5.92 Å². The molecule has 180 valence electrons. The number of rotatable bonds is 6. The Bertz CT molecular complexity index is 1110. The number of amides is 1. The molecule has 1 amide bonds. The zero-order valence-corrected chi connectivity index (χ0v) is 21.1. The zero-order chi connectivity index (χ0) is 24.2. The van der Waals surface area contributed by atoms with Crippen molar-refractivity contribution in [3.05, 3.63) is 76.7 Å². The highest BCUT2D eigenvalue weighted by Crippen LogP contribution is 2.37. The van der Waals surface area contributed by atoms with Crippen LogP contribution < -0.4 is 9.47 Å². The molecule has 0 fully saturated rings. The van der Waals surface area contributed by atoms with E-state index in [1.807, 2.05) is 29.3 Å². The normalized spacial score (nSPS) is 21.3. The highest BCUT2D eigenvalue weighted by molar-refractivity contribution is 5.98. The molecule has 3 heterocycles. The quantitative estimate of drug-likeness (QED) is 0.544. The smallest absolute Gasteiger partial charge is 0.255 e. The number of carbonyl (C=O) groups is 1. The summed E-state index contributed by atoms with van der Waals surface area (Å²) >= 11 is 0. The van der Waals surface area contributed by atoms with Crippen molar-refractivity contribution in [2.24, 2.45) is 5.92 Å². The summed E-state index contributed by atoms with van der Waals surface area (Å²) in [5.74, 6) is 1.53. The number of fused-ring (bicyclic) bond motifs is 1. The Labute approximate surface area is 203 Å². The lowest BCUT2D eigenvalue weighted by molar-refractivity contribution is -0.122. The average molecular weight is 461 g/mol. The Morgan fingerprint density at radius 2 is 1.88 bits per heavy atom. The zero-order valence-electron chi connectivity index (χ0n) is 21.1. The standard InChI is InChI=1S/C29H36N2O3/c1-6-13-30-14-11-22(12-15-30)24-16-21(3)26-9-7-20(2)25(18-29(32)31(26)19-24)23-8-10-27(33-4)28(17-23)34-5/h8-11,16-20H,6-7,12-15H2,1-5H3. The van der Waals surface area contributed by atoms with Gasteiger partial charge in [-0.05, 0) is 84.7 Å². The predicted octanol–water partition coefficient (Wildman–Crippen LogP) is 5.73. The topological polar surface area (TPSA) is 42.0 Å². The molecule has 1 aromatic carbocycles. The molecule has 0 spiro atoms. The molecule has 1 unspecified atom stereocenters. The number of hydrogen-bond donors (Lipinski definition) is 0. The van der Waals surface area contributed by atoms with Gasteiger partial charge in [0.1, 0.15) is 0 Å². The van der Waals surface area contributed by atoms with Crippen LogP contribution in [0.3, 0.4) is 0 Å². The number of ether oxygens (including phenoxy) is 2. The van der Waals surface area contributed by atoms with Crippen molar-refractivity contribution in [2.75, 3.05) is 33.9 Å². The molecule has 0 saturated carbocycles. The Balaban J connectivity index is 1.66. The van der Waals surface area contributed by atoms with E-state index in [4.69, 9.17) is 9.47 Å². The average Bonchev–Trinajstić information content (AvgIpc) is 2.85. The predicted molar refractivity (Wildman–Crippen MR) is 138 cm³/mol. The van der Waals surface area contributed by atoms with Gasteiger partial charge >= 0.3 is 0 Å². The maximum atomic E-state index is 13.6. The van der Waals surface area contributed by atoms with Crippen molar-refractivity contribution < 1.29 is 14.3 Å². The van der Waals surface area contributed by atoms with Crippen molar-refractivity contribution >= 4 is 11.5 Å². The lowest BCUT2D eigenvalue weighted by atomic mass is 9.87. The Kier molecular flexibility index (Phi) is 7.42. The summed E-state index contributed by atoms with van der Waals surface area (Å²) in [5, 5.41) is 0.